The fourth-order valence-electron chi connectivity index (χ4n) is 0.812. The molecule has 0 bridgehead atoms. The average molecular weight is 181 g/mol. The van der Waals surface area contributed by atoms with E-state index in [1.807, 2.05) is 19.1 Å². The molecular formula is C10H9ClO. The first kappa shape index (κ1) is 9.12. The number of hydrogen-bond acceptors (Lipinski definition) is 1. The Bertz CT molecular complexity index is 333. The summed E-state index contributed by atoms with van der Waals surface area (Å²) < 4.78 is 0. The zero-order valence-electron chi connectivity index (χ0n) is 6.76. The zero-order valence-corrected chi connectivity index (χ0v) is 7.52. The van der Waals surface area contributed by atoms with Gasteiger partial charge >= 0.3 is 0 Å². The highest BCUT2D eigenvalue weighted by Crippen LogP contribution is 2.15. The maximum atomic E-state index is 8.44. The van der Waals surface area contributed by atoms with E-state index >= 15 is 0 Å². The highest BCUT2D eigenvalue weighted by atomic mass is 35.5. The van der Waals surface area contributed by atoms with E-state index in [2.05, 4.69) is 11.8 Å². The maximum Gasteiger partial charge on any atom is 0.104 e. The van der Waals surface area contributed by atoms with Crippen molar-refractivity contribution in [2.24, 2.45) is 0 Å². The van der Waals surface area contributed by atoms with Crippen LogP contribution in [0.1, 0.15) is 11.1 Å². The summed E-state index contributed by atoms with van der Waals surface area (Å²) in [6, 6.07) is 5.58. The third-order valence-corrected chi connectivity index (χ3v) is 1.89. The average Bonchev–Trinajstić information content (AvgIpc) is 2.07. The van der Waals surface area contributed by atoms with E-state index in [0.717, 1.165) is 11.1 Å². The van der Waals surface area contributed by atoms with Gasteiger partial charge in [0.05, 0.1) is 0 Å². The SMILES string of the molecule is Cc1ccc(C#CCO)cc1Cl. The van der Waals surface area contributed by atoms with Crippen LogP contribution in [-0.2, 0) is 0 Å². The molecule has 0 aromatic heterocycles. The van der Waals surface area contributed by atoms with E-state index in [1.54, 1.807) is 6.07 Å². The van der Waals surface area contributed by atoms with Crippen molar-refractivity contribution >= 4 is 11.6 Å². The Balaban J connectivity index is 2.97. The fraction of sp³-hybridized carbons (Fsp3) is 0.200. The number of aliphatic hydroxyl groups is 1. The summed E-state index contributed by atoms with van der Waals surface area (Å²) in [7, 11) is 0. The molecule has 0 fully saturated rings. The summed E-state index contributed by atoms with van der Waals surface area (Å²) in [6.45, 7) is 1.82. The van der Waals surface area contributed by atoms with Gasteiger partial charge in [-0.05, 0) is 24.6 Å². The summed E-state index contributed by atoms with van der Waals surface area (Å²) >= 11 is 5.86. The van der Waals surface area contributed by atoms with Crippen molar-refractivity contribution in [3.05, 3.63) is 34.3 Å². The van der Waals surface area contributed by atoms with E-state index in [9.17, 15) is 0 Å². The van der Waals surface area contributed by atoms with Gasteiger partial charge in [0.1, 0.15) is 6.61 Å². The predicted octanol–water partition coefficient (Wildman–Crippen LogP) is 1.99. The summed E-state index contributed by atoms with van der Waals surface area (Å²) in [5, 5.41) is 9.15. The second-order valence-corrected chi connectivity index (χ2v) is 2.83. The molecule has 0 saturated heterocycles. The van der Waals surface area contributed by atoms with Crippen molar-refractivity contribution < 1.29 is 5.11 Å². The first-order valence-electron chi connectivity index (χ1n) is 3.60. The summed E-state index contributed by atoms with van der Waals surface area (Å²) in [6.07, 6.45) is 0. The Kier molecular flexibility index (Phi) is 3.16. The molecule has 2 heteroatoms. The first-order chi connectivity index (χ1) is 5.74. The molecule has 0 aliphatic carbocycles. The maximum absolute atomic E-state index is 8.44. The van der Waals surface area contributed by atoms with Crippen LogP contribution in [0.2, 0.25) is 5.02 Å². The van der Waals surface area contributed by atoms with Gasteiger partial charge in [-0.15, -0.1) is 0 Å². The summed E-state index contributed by atoms with van der Waals surface area (Å²) in [4.78, 5) is 0. The number of aryl methyl sites for hydroxylation is 1. The fourth-order valence-corrected chi connectivity index (χ4v) is 0.993. The van der Waals surface area contributed by atoms with Crippen molar-refractivity contribution in [1.29, 1.82) is 0 Å². The predicted molar refractivity (Wildman–Crippen MR) is 50.2 cm³/mol. The second-order valence-electron chi connectivity index (χ2n) is 2.42. The number of aliphatic hydroxyl groups excluding tert-OH is 1. The van der Waals surface area contributed by atoms with E-state index in [0.29, 0.717) is 5.02 Å². The Morgan fingerprint density at radius 1 is 1.50 bits per heavy atom. The molecule has 1 nitrogen and oxygen atoms in total. The third-order valence-electron chi connectivity index (χ3n) is 1.48. The van der Waals surface area contributed by atoms with Crippen LogP contribution in [0.3, 0.4) is 0 Å². The van der Waals surface area contributed by atoms with Gasteiger partial charge in [0.15, 0.2) is 0 Å². The molecule has 0 radical (unpaired) electrons. The van der Waals surface area contributed by atoms with Crippen LogP contribution in [0.4, 0.5) is 0 Å². The van der Waals surface area contributed by atoms with Crippen LogP contribution in [0.15, 0.2) is 18.2 Å². The van der Waals surface area contributed by atoms with E-state index in [4.69, 9.17) is 16.7 Å². The van der Waals surface area contributed by atoms with Gasteiger partial charge in [-0.1, -0.05) is 29.5 Å². The molecule has 1 aromatic carbocycles. The van der Waals surface area contributed by atoms with Crippen molar-refractivity contribution in [2.45, 2.75) is 6.92 Å². The monoisotopic (exact) mass is 180 g/mol. The van der Waals surface area contributed by atoms with Crippen molar-refractivity contribution in [3.63, 3.8) is 0 Å². The van der Waals surface area contributed by atoms with Crippen molar-refractivity contribution in [3.8, 4) is 11.8 Å². The Morgan fingerprint density at radius 2 is 2.25 bits per heavy atom. The molecule has 1 N–H and O–H groups in total. The van der Waals surface area contributed by atoms with Gasteiger partial charge in [-0.25, -0.2) is 0 Å². The molecule has 0 spiro atoms. The van der Waals surface area contributed by atoms with Crippen LogP contribution in [-0.4, -0.2) is 11.7 Å². The number of benzene rings is 1. The van der Waals surface area contributed by atoms with Gasteiger partial charge < -0.3 is 5.11 Å². The van der Waals surface area contributed by atoms with Gasteiger partial charge in [-0.2, -0.15) is 0 Å². The van der Waals surface area contributed by atoms with Gasteiger partial charge in [0.2, 0.25) is 0 Å². The molecule has 1 rings (SSSR count). The molecule has 1 aromatic rings. The quantitative estimate of drug-likeness (QED) is 0.606. The van der Waals surface area contributed by atoms with Gasteiger partial charge in [0.25, 0.3) is 0 Å². The molecule has 0 amide bonds. The van der Waals surface area contributed by atoms with Crippen LogP contribution in [0.25, 0.3) is 0 Å². The molecule has 12 heavy (non-hydrogen) atoms. The second kappa shape index (κ2) is 4.15. The molecule has 62 valence electrons. The minimum atomic E-state index is -0.120. The van der Waals surface area contributed by atoms with Crippen LogP contribution < -0.4 is 0 Å². The highest BCUT2D eigenvalue weighted by molar-refractivity contribution is 6.31. The van der Waals surface area contributed by atoms with E-state index in [-0.39, 0.29) is 6.61 Å². The number of halogens is 1. The molecule has 0 unspecified atom stereocenters. The van der Waals surface area contributed by atoms with Crippen molar-refractivity contribution in [1.82, 2.24) is 0 Å². The highest BCUT2D eigenvalue weighted by Gasteiger charge is 1.93. The molecule has 0 aliphatic rings. The van der Waals surface area contributed by atoms with Gasteiger partial charge in [-0.3, -0.25) is 0 Å². The number of rotatable bonds is 0. The standard InChI is InChI=1S/C10H9ClO/c1-8-4-5-9(3-2-6-12)7-10(8)11/h4-5,7,12H,6H2,1H3. The van der Waals surface area contributed by atoms with Crippen LogP contribution in [0, 0.1) is 18.8 Å². The zero-order chi connectivity index (χ0) is 8.97. The lowest BCUT2D eigenvalue weighted by Crippen LogP contribution is -1.79. The van der Waals surface area contributed by atoms with E-state index in [1.165, 1.54) is 0 Å². The Labute approximate surface area is 77.0 Å². The van der Waals surface area contributed by atoms with Crippen LogP contribution >= 0.6 is 11.6 Å². The lowest BCUT2D eigenvalue weighted by molar-refractivity contribution is 0.350. The minimum absolute atomic E-state index is 0.120. The largest absolute Gasteiger partial charge is 0.384 e. The van der Waals surface area contributed by atoms with Crippen molar-refractivity contribution in [2.75, 3.05) is 6.61 Å². The molecule has 0 heterocycles. The molecule has 0 saturated carbocycles. The van der Waals surface area contributed by atoms with E-state index < -0.39 is 0 Å². The summed E-state index contributed by atoms with van der Waals surface area (Å²) in [5.41, 5.74) is 1.87. The molecule has 0 atom stereocenters. The van der Waals surface area contributed by atoms with Gasteiger partial charge in [0, 0.05) is 10.6 Å². The minimum Gasteiger partial charge on any atom is -0.384 e. The smallest absolute Gasteiger partial charge is 0.104 e. The topological polar surface area (TPSA) is 20.2 Å². The normalized spacial score (nSPS) is 8.92. The molecular weight excluding hydrogens is 172 g/mol. The Hall–Kier alpha value is -0.970. The number of hydrogen-bond donors (Lipinski definition) is 1. The lowest BCUT2D eigenvalue weighted by atomic mass is 10.1. The summed E-state index contributed by atoms with van der Waals surface area (Å²) in [5.74, 6) is 5.34. The lowest BCUT2D eigenvalue weighted by Gasteiger charge is -1.96. The Morgan fingerprint density at radius 3 is 2.83 bits per heavy atom. The third kappa shape index (κ3) is 2.27. The molecule has 0 aliphatic heterocycles. The first-order valence-corrected chi connectivity index (χ1v) is 3.97. The van der Waals surface area contributed by atoms with Crippen LogP contribution in [0.5, 0.6) is 0 Å².